The summed E-state index contributed by atoms with van der Waals surface area (Å²) in [6, 6.07) is 15.8. The van der Waals surface area contributed by atoms with E-state index in [9.17, 15) is 9.59 Å². The van der Waals surface area contributed by atoms with Gasteiger partial charge in [-0.25, -0.2) is 4.98 Å². The summed E-state index contributed by atoms with van der Waals surface area (Å²) in [4.78, 5) is 31.1. The zero-order valence-electron chi connectivity index (χ0n) is 14.9. The summed E-state index contributed by atoms with van der Waals surface area (Å²) in [5.41, 5.74) is 2.30. The molecule has 2 aromatic rings. The number of nitrogens with zero attached hydrogens (tertiary/aromatic N) is 2. The van der Waals surface area contributed by atoms with Gasteiger partial charge in [-0.3, -0.25) is 9.59 Å². The molecule has 2 fully saturated rings. The number of likely N-dealkylation sites (tertiary alicyclic amines) is 1. The Bertz CT molecular complexity index is 826. The van der Waals surface area contributed by atoms with E-state index >= 15 is 0 Å². The molecule has 5 heteroatoms. The quantitative estimate of drug-likeness (QED) is 0.907. The highest BCUT2D eigenvalue weighted by atomic mass is 16.2. The van der Waals surface area contributed by atoms with Crippen molar-refractivity contribution in [2.75, 3.05) is 13.1 Å². The molecule has 1 aromatic heterocycles. The van der Waals surface area contributed by atoms with Crippen molar-refractivity contribution in [1.82, 2.24) is 15.2 Å². The number of nitrogens with one attached hydrogen (secondary N) is 1. The Kier molecular flexibility index (Phi) is 4.23. The topological polar surface area (TPSA) is 62.3 Å². The van der Waals surface area contributed by atoms with E-state index in [1.807, 2.05) is 42.2 Å². The largest absolute Gasteiger partial charge is 0.350 e. The van der Waals surface area contributed by atoms with Gasteiger partial charge in [-0.15, -0.1) is 0 Å². The predicted molar refractivity (Wildman–Crippen MR) is 98.8 cm³/mol. The van der Waals surface area contributed by atoms with Gasteiger partial charge in [0.1, 0.15) is 5.69 Å². The zero-order chi connectivity index (χ0) is 18.1. The van der Waals surface area contributed by atoms with E-state index in [2.05, 4.69) is 22.4 Å². The van der Waals surface area contributed by atoms with Gasteiger partial charge in [-0.05, 0) is 37.5 Å². The fraction of sp³-hybridized carbons (Fsp3) is 0.381. The molecular weight excluding hydrogens is 326 g/mol. The van der Waals surface area contributed by atoms with Crippen LogP contribution in [0, 0.1) is 6.92 Å². The summed E-state index contributed by atoms with van der Waals surface area (Å²) >= 11 is 0. The number of aryl methyl sites for hydroxylation is 1. The van der Waals surface area contributed by atoms with Crippen LogP contribution in [0.1, 0.15) is 46.9 Å². The lowest BCUT2D eigenvalue weighted by Gasteiger charge is -2.42. The smallest absolute Gasteiger partial charge is 0.272 e. The van der Waals surface area contributed by atoms with Crippen LogP contribution in [-0.2, 0) is 4.79 Å². The Labute approximate surface area is 153 Å². The molecule has 5 nitrogen and oxygen atoms in total. The molecule has 0 bridgehead atoms. The van der Waals surface area contributed by atoms with Crippen LogP contribution in [0.3, 0.4) is 0 Å². The maximum atomic E-state index is 12.7. The molecule has 3 heterocycles. The number of carbonyl (C=O) groups excluding carboxylic acids is 2. The number of piperidine rings is 1. The number of hydrogen-bond acceptors (Lipinski definition) is 3. The van der Waals surface area contributed by atoms with E-state index in [1.54, 1.807) is 6.07 Å². The average molecular weight is 349 g/mol. The second-order valence-electron chi connectivity index (χ2n) is 7.33. The third-order valence-electron chi connectivity index (χ3n) is 5.70. The lowest BCUT2D eigenvalue weighted by Crippen LogP contribution is -2.54. The number of rotatable bonds is 2. The molecule has 0 saturated carbocycles. The first-order chi connectivity index (χ1) is 12.6. The molecule has 0 unspecified atom stereocenters. The van der Waals surface area contributed by atoms with Crippen molar-refractivity contribution in [2.24, 2.45) is 0 Å². The highest BCUT2D eigenvalue weighted by Crippen LogP contribution is 2.43. The molecule has 1 N–H and O–H groups in total. The van der Waals surface area contributed by atoms with E-state index < -0.39 is 0 Å². The van der Waals surface area contributed by atoms with Gasteiger partial charge in [0, 0.05) is 31.1 Å². The maximum absolute atomic E-state index is 12.7. The first kappa shape index (κ1) is 16.8. The number of carbonyl (C=O) groups is 2. The Morgan fingerprint density at radius 1 is 1.12 bits per heavy atom. The molecular formula is C21H23N3O2. The van der Waals surface area contributed by atoms with Crippen LogP contribution in [0.2, 0.25) is 0 Å². The van der Waals surface area contributed by atoms with Gasteiger partial charge in [0.25, 0.3) is 5.91 Å². The van der Waals surface area contributed by atoms with Gasteiger partial charge in [0.2, 0.25) is 5.91 Å². The highest BCUT2D eigenvalue weighted by Gasteiger charge is 2.49. The molecule has 1 aromatic carbocycles. The average Bonchev–Trinajstić information content (AvgIpc) is 2.98. The van der Waals surface area contributed by atoms with Crippen molar-refractivity contribution in [2.45, 2.75) is 37.6 Å². The van der Waals surface area contributed by atoms with Gasteiger partial charge in [-0.2, -0.15) is 0 Å². The lowest BCUT2D eigenvalue weighted by atomic mass is 9.74. The first-order valence-electron chi connectivity index (χ1n) is 9.16. The lowest BCUT2D eigenvalue weighted by molar-refractivity contribution is -0.120. The van der Waals surface area contributed by atoms with Crippen molar-refractivity contribution in [3.8, 4) is 0 Å². The van der Waals surface area contributed by atoms with Crippen LogP contribution < -0.4 is 5.32 Å². The van der Waals surface area contributed by atoms with E-state index in [4.69, 9.17) is 0 Å². The molecule has 26 heavy (non-hydrogen) atoms. The first-order valence-corrected chi connectivity index (χ1v) is 9.16. The van der Waals surface area contributed by atoms with Gasteiger partial charge in [0.05, 0.1) is 5.54 Å². The van der Waals surface area contributed by atoms with Crippen molar-refractivity contribution >= 4 is 11.8 Å². The summed E-state index contributed by atoms with van der Waals surface area (Å²) in [7, 11) is 0. The molecule has 4 rings (SSSR count). The van der Waals surface area contributed by atoms with Crippen LogP contribution in [0.4, 0.5) is 0 Å². The van der Waals surface area contributed by atoms with Crippen LogP contribution in [0.5, 0.6) is 0 Å². The third-order valence-corrected chi connectivity index (χ3v) is 5.70. The summed E-state index contributed by atoms with van der Waals surface area (Å²) in [5.74, 6) is 0.258. The highest BCUT2D eigenvalue weighted by molar-refractivity contribution is 5.92. The summed E-state index contributed by atoms with van der Waals surface area (Å²) < 4.78 is 0. The standard InChI is InChI=1S/C21H23N3O2/c1-15-6-5-9-18(22-15)20(26)24-12-10-21(11-13-24)17(14-19(25)23-21)16-7-3-2-4-8-16/h2-9,17H,10-14H2,1H3,(H,23,25)/t17-/m1/s1. The second kappa shape index (κ2) is 6.56. The fourth-order valence-corrected chi connectivity index (χ4v) is 4.33. The number of benzene rings is 1. The van der Waals surface area contributed by atoms with E-state index in [0.29, 0.717) is 25.2 Å². The minimum Gasteiger partial charge on any atom is -0.350 e. The summed E-state index contributed by atoms with van der Waals surface area (Å²) in [6.07, 6.45) is 2.07. The minimum atomic E-state index is -0.241. The minimum absolute atomic E-state index is 0.0239. The normalized spacial score (nSPS) is 21.7. The summed E-state index contributed by atoms with van der Waals surface area (Å²) in [5, 5.41) is 3.23. The van der Waals surface area contributed by atoms with Crippen molar-refractivity contribution < 1.29 is 9.59 Å². The number of hydrogen-bond donors (Lipinski definition) is 1. The van der Waals surface area contributed by atoms with E-state index in [1.165, 1.54) is 5.56 Å². The van der Waals surface area contributed by atoms with Crippen LogP contribution in [-0.4, -0.2) is 40.3 Å². The van der Waals surface area contributed by atoms with Gasteiger partial charge in [-0.1, -0.05) is 36.4 Å². The molecule has 1 spiro atoms. The van der Waals surface area contributed by atoms with Crippen LogP contribution in [0.15, 0.2) is 48.5 Å². The van der Waals surface area contributed by atoms with Gasteiger partial charge in [0.15, 0.2) is 0 Å². The Morgan fingerprint density at radius 3 is 2.54 bits per heavy atom. The Hall–Kier alpha value is -2.69. The molecule has 2 aliphatic heterocycles. The molecule has 0 aliphatic carbocycles. The summed E-state index contributed by atoms with van der Waals surface area (Å²) in [6.45, 7) is 3.16. The van der Waals surface area contributed by atoms with Crippen LogP contribution in [0.25, 0.3) is 0 Å². The number of aromatic nitrogens is 1. The predicted octanol–water partition coefficient (Wildman–Crippen LogP) is 2.67. The molecule has 134 valence electrons. The second-order valence-corrected chi connectivity index (χ2v) is 7.33. The SMILES string of the molecule is Cc1cccc(C(=O)N2CCC3(CC2)NC(=O)C[C@@H]3c2ccccc2)n1. The molecule has 2 amide bonds. The van der Waals surface area contributed by atoms with Gasteiger partial charge >= 0.3 is 0 Å². The molecule has 2 aliphatic rings. The third kappa shape index (κ3) is 2.98. The van der Waals surface area contributed by atoms with Crippen molar-refractivity contribution in [3.05, 3.63) is 65.5 Å². The van der Waals surface area contributed by atoms with E-state index in [-0.39, 0.29) is 23.3 Å². The fourth-order valence-electron chi connectivity index (χ4n) is 4.33. The Morgan fingerprint density at radius 2 is 1.85 bits per heavy atom. The number of amides is 2. The monoisotopic (exact) mass is 349 g/mol. The Balaban J connectivity index is 1.51. The van der Waals surface area contributed by atoms with Crippen LogP contribution >= 0.6 is 0 Å². The maximum Gasteiger partial charge on any atom is 0.272 e. The van der Waals surface area contributed by atoms with Crippen molar-refractivity contribution in [3.63, 3.8) is 0 Å². The molecule has 0 radical (unpaired) electrons. The number of pyridine rings is 1. The van der Waals surface area contributed by atoms with E-state index in [0.717, 1.165) is 18.5 Å². The van der Waals surface area contributed by atoms with Gasteiger partial charge < -0.3 is 10.2 Å². The molecule has 2 saturated heterocycles. The van der Waals surface area contributed by atoms with Crippen molar-refractivity contribution in [1.29, 1.82) is 0 Å². The zero-order valence-corrected chi connectivity index (χ0v) is 14.9. The molecule has 1 atom stereocenters.